The van der Waals surface area contributed by atoms with Crippen LogP contribution in [0.25, 0.3) is 0 Å². The van der Waals surface area contributed by atoms with Crippen LogP contribution >= 0.6 is 0 Å². The van der Waals surface area contributed by atoms with Gasteiger partial charge < -0.3 is 0 Å². The third-order valence-electron chi connectivity index (χ3n) is 0. The molecule has 0 saturated carbocycles. The number of hydrogen-bond donors (Lipinski definition) is 0. The summed E-state index contributed by atoms with van der Waals surface area (Å²) in [5.41, 5.74) is 0. The van der Waals surface area contributed by atoms with Crippen LogP contribution in [0.2, 0.25) is 0 Å². The first-order chi connectivity index (χ1) is 1.00. The Bertz CT molecular complexity index is 24.0. The summed E-state index contributed by atoms with van der Waals surface area (Å²) in [4.78, 5) is 0. The molecule has 0 aliphatic carbocycles. The first-order valence-electron chi connectivity index (χ1n) is 0.316. The normalized spacial score (nSPS) is 0.750. The van der Waals surface area contributed by atoms with Crippen molar-refractivity contribution < 1.29 is 148 Å². The van der Waals surface area contributed by atoms with Crippen molar-refractivity contribution in [2.45, 2.75) is 0 Å². The zero-order valence-corrected chi connectivity index (χ0v) is 13.6. The molecule has 0 aliphatic rings. The summed E-state index contributed by atoms with van der Waals surface area (Å²) in [6.45, 7) is 1.62. The molecule has 0 N–H and O–H groups in total. The van der Waals surface area contributed by atoms with Gasteiger partial charge >= 0.3 is 22.0 Å². The maximum atomic E-state index is 3.88. The van der Waals surface area contributed by atoms with E-state index in [0.29, 0.717) is 0 Å². The minimum Gasteiger partial charge on any atom is 0 e. The first kappa shape index (κ1) is 50.5. The fourth-order valence-corrected chi connectivity index (χ4v) is 0. The Morgan fingerprint density at radius 3 is 1.12 bits per heavy atom. The molecule has 0 amide bonds. The van der Waals surface area contributed by atoms with Gasteiger partial charge in [-0.25, -0.2) is 0 Å². The smallest absolute Gasteiger partial charge is 0 e. The second kappa shape index (κ2) is 55.7. The summed E-state index contributed by atoms with van der Waals surface area (Å²) >= 11 is 3.88. The van der Waals surface area contributed by atoms with Crippen molar-refractivity contribution in [3.63, 3.8) is 0 Å². The van der Waals surface area contributed by atoms with E-state index in [1.165, 1.54) is 0 Å². The Labute approximate surface area is 167 Å². The second-order valence-corrected chi connectivity index (χ2v) is 0. The molecular formula is H5AlBCoCrFeNdNiSm. The fraction of sp³-hybridized carbons (Fsp3) is 0. The molecule has 0 saturated heterocycles. The predicted molar refractivity (Wildman–Crippen MR) is 18.5 cm³/mol. The SMILES string of the molecule is [AlH3].[BH2][Ni].[Co].[Cr].[Fe].[Nd].[Sm]. The van der Waals surface area contributed by atoms with Crippen LogP contribution in [0.3, 0.4) is 0 Å². The second-order valence-electron chi connectivity index (χ2n) is 0. The van der Waals surface area contributed by atoms with Gasteiger partial charge in [0.15, 0.2) is 17.4 Å². The minimum absolute atomic E-state index is 0. The fourth-order valence-electron chi connectivity index (χ4n) is 0. The summed E-state index contributed by atoms with van der Waals surface area (Å²) in [5.74, 6) is 0. The molecule has 0 bridgehead atoms. The van der Waals surface area contributed by atoms with E-state index in [9.17, 15) is 0 Å². The van der Waals surface area contributed by atoms with Gasteiger partial charge in [-0.1, -0.05) is 0 Å². The van der Waals surface area contributed by atoms with Crippen molar-refractivity contribution in [3.8, 4) is 0 Å². The molecule has 54 valence electrons. The topological polar surface area (TPSA) is 0 Å². The van der Waals surface area contributed by atoms with Gasteiger partial charge in [0.25, 0.3) is 0 Å². The molecule has 0 heterocycles. The molecule has 0 nitrogen and oxygen atoms in total. The summed E-state index contributed by atoms with van der Waals surface area (Å²) in [5, 5.41) is 0. The van der Waals surface area contributed by atoms with E-state index in [1.54, 1.807) is 6.74 Å². The molecule has 8 heteroatoms. The summed E-state index contributed by atoms with van der Waals surface area (Å²) in [7, 11) is 0. The van der Waals surface area contributed by atoms with Gasteiger partial charge in [-0.15, -0.1) is 0 Å². The van der Waals surface area contributed by atoms with Gasteiger partial charge in [0, 0.05) is 132 Å². The average Bonchev–Trinajstić information content (AvgIpc) is 1.00. The van der Waals surface area contributed by atoms with Crippen molar-refractivity contribution in [1.82, 2.24) is 0 Å². The maximum Gasteiger partial charge on any atom is 0 e. The van der Waals surface area contributed by atoms with Crippen molar-refractivity contribution in [2.75, 3.05) is 0 Å². The van der Waals surface area contributed by atoms with Crippen molar-refractivity contribution in [3.05, 3.63) is 0 Å². The molecule has 0 aliphatic heterocycles. The van der Waals surface area contributed by atoms with E-state index < -0.39 is 0 Å². The van der Waals surface area contributed by atoms with Crippen LogP contribution in [0.15, 0.2) is 0 Å². The minimum atomic E-state index is 0. The Hall–Kier alpha value is 5.34. The van der Waals surface area contributed by atoms with Crippen LogP contribution in [-0.2, 0) is 66.5 Å². The van der Waals surface area contributed by atoms with E-state index in [2.05, 4.69) is 15.3 Å². The Balaban J connectivity index is -0.000000000333. The number of hydrogen-bond acceptors (Lipinski definition) is 0. The zero-order chi connectivity index (χ0) is 2.00. The maximum absolute atomic E-state index is 3.88. The molecule has 0 atom stereocenters. The van der Waals surface area contributed by atoms with Crippen LogP contribution in [0, 0.1) is 81.2 Å². The summed E-state index contributed by atoms with van der Waals surface area (Å²) in [6, 6.07) is 0. The van der Waals surface area contributed by atoms with E-state index in [0.717, 1.165) is 0 Å². The summed E-state index contributed by atoms with van der Waals surface area (Å²) < 4.78 is 0. The van der Waals surface area contributed by atoms with Gasteiger partial charge in [0.1, 0.15) is 0 Å². The monoisotopic (exact) mass is 562 g/mol. The van der Waals surface area contributed by atoms with E-state index in [4.69, 9.17) is 0 Å². The van der Waals surface area contributed by atoms with Gasteiger partial charge in [0.2, 0.25) is 0 Å². The molecule has 0 aromatic heterocycles. The predicted octanol–water partition coefficient (Wildman–Crippen LogP) is -2.11. The van der Waals surface area contributed by atoms with Crippen LogP contribution in [-0.4, -0.2) is 24.1 Å². The Morgan fingerprint density at radius 1 is 1.12 bits per heavy atom. The van der Waals surface area contributed by atoms with Crippen molar-refractivity contribution >= 4 is 24.1 Å². The molecule has 0 rings (SSSR count). The quantitative estimate of drug-likeness (QED) is 0.297. The first-order valence-corrected chi connectivity index (χ1v) is 1.30. The van der Waals surface area contributed by atoms with Gasteiger partial charge in [-0.05, 0) is 0 Å². The van der Waals surface area contributed by atoms with Crippen molar-refractivity contribution in [1.29, 1.82) is 0 Å². The van der Waals surface area contributed by atoms with Crippen LogP contribution in [0.1, 0.15) is 0 Å². The molecule has 0 spiro atoms. The van der Waals surface area contributed by atoms with Crippen LogP contribution in [0.5, 0.6) is 0 Å². The van der Waals surface area contributed by atoms with Gasteiger partial charge in [0.05, 0.1) is 0 Å². The van der Waals surface area contributed by atoms with E-state index in [1.807, 2.05) is 0 Å². The molecule has 8 heavy (non-hydrogen) atoms. The standard InChI is InChI=1S/Al.BH2.Co.Cr.Fe.Nd.Ni.Sm.3H/h;1H2;;;;;;;;;/q;+1;;;;;-1;;;;. The molecule has 0 fully saturated rings. The molecule has 1 radical (unpaired) electrons. The molecule has 0 aromatic carbocycles. The van der Waals surface area contributed by atoms with E-state index in [-0.39, 0.29) is 150 Å². The number of rotatable bonds is 0. The third kappa shape index (κ3) is 42.5. The largest absolute Gasteiger partial charge is 0 e. The third-order valence-corrected chi connectivity index (χ3v) is 0. The zero-order valence-electron chi connectivity index (χ0n) is 3.32. The summed E-state index contributed by atoms with van der Waals surface area (Å²) in [6.07, 6.45) is 0. The van der Waals surface area contributed by atoms with Crippen molar-refractivity contribution in [2.24, 2.45) is 0 Å². The average molecular weight is 563 g/mol. The Morgan fingerprint density at radius 2 is 1.12 bits per heavy atom. The van der Waals surface area contributed by atoms with Gasteiger partial charge in [-0.2, -0.15) is 0 Å². The van der Waals surface area contributed by atoms with Gasteiger partial charge in [-0.3, -0.25) is 0 Å². The molecule has 0 aromatic rings. The molecule has 0 unspecified atom stereocenters. The van der Waals surface area contributed by atoms with Crippen LogP contribution in [0.4, 0.5) is 0 Å². The Kier molecular flexibility index (Phi) is 352. The van der Waals surface area contributed by atoms with E-state index >= 15 is 0 Å². The van der Waals surface area contributed by atoms with Crippen LogP contribution < -0.4 is 0 Å². The molecular weight excluding hydrogens is 558 g/mol.